The van der Waals surface area contributed by atoms with Crippen molar-refractivity contribution in [1.29, 1.82) is 0 Å². The first-order valence-electron chi connectivity index (χ1n) is 14.6. The van der Waals surface area contributed by atoms with E-state index in [1.807, 2.05) is 6.07 Å². The molecule has 2 aliphatic heterocycles. The monoisotopic (exact) mass is 686 g/mol. The lowest BCUT2D eigenvalue weighted by Gasteiger charge is -2.32. The van der Waals surface area contributed by atoms with Gasteiger partial charge in [-0.1, -0.05) is 24.3 Å². The van der Waals surface area contributed by atoms with Gasteiger partial charge >= 0.3 is 30.5 Å². The number of carbonyl (C=O) groups is 3. The summed E-state index contributed by atoms with van der Waals surface area (Å²) < 4.78 is 102. The van der Waals surface area contributed by atoms with Gasteiger partial charge < -0.3 is 20.4 Å². The fourth-order valence-corrected chi connectivity index (χ4v) is 5.03. The Kier molecular flexibility index (Phi) is 14.7. The number of alkyl halides is 9. The van der Waals surface area contributed by atoms with Crippen LogP contribution in [0.15, 0.2) is 42.5 Å². The van der Waals surface area contributed by atoms with E-state index in [2.05, 4.69) is 22.3 Å². The molecule has 0 unspecified atom stereocenters. The van der Waals surface area contributed by atoms with Crippen LogP contribution in [0.1, 0.15) is 58.3 Å². The maximum Gasteiger partial charge on any atom is 0.490 e. The summed E-state index contributed by atoms with van der Waals surface area (Å²) >= 11 is 0. The summed E-state index contributed by atoms with van der Waals surface area (Å²) in [5.74, 6) is -4.78. The van der Waals surface area contributed by atoms with Crippen LogP contribution in [0.2, 0.25) is 0 Å². The zero-order chi connectivity index (χ0) is 35.4. The molecule has 0 amide bonds. The molecule has 7 nitrogen and oxygen atoms in total. The lowest BCUT2D eigenvalue weighted by molar-refractivity contribution is -0.193. The number of halogens is 9. The van der Waals surface area contributed by atoms with Crippen molar-refractivity contribution in [3.8, 4) is 0 Å². The minimum Gasteiger partial charge on any atom is -0.475 e. The van der Waals surface area contributed by atoms with Gasteiger partial charge in [-0.15, -0.1) is 0 Å². The number of piperidine rings is 1. The van der Waals surface area contributed by atoms with Gasteiger partial charge in [0.1, 0.15) is 0 Å². The predicted octanol–water partition coefficient (Wildman–Crippen LogP) is 6.58. The van der Waals surface area contributed by atoms with Gasteiger partial charge in [-0.05, 0) is 112 Å². The molecule has 262 valence electrons. The molecular weight excluding hydrogens is 651 g/mol. The summed E-state index contributed by atoms with van der Waals surface area (Å²) in [6.45, 7) is 4.88. The molecule has 0 spiro atoms. The molecule has 0 saturated carbocycles. The third-order valence-electron chi connectivity index (χ3n) is 7.55. The van der Waals surface area contributed by atoms with E-state index in [0.717, 1.165) is 82.4 Å². The number of nitrogens with one attached hydrogen (secondary N) is 1. The molecule has 1 fully saturated rings. The Balaban J connectivity index is 0.000000459. The quantitative estimate of drug-likeness (QED) is 0.223. The van der Waals surface area contributed by atoms with E-state index in [9.17, 15) is 44.3 Å². The minimum atomic E-state index is -5.08. The van der Waals surface area contributed by atoms with Crippen molar-refractivity contribution in [3.63, 3.8) is 0 Å². The third kappa shape index (κ3) is 14.3. The van der Waals surface area contributed by atoms with Crippen LogP contribution in [0.25, 0.3) is 0 Å². The normalized spacial score (nSPS) is 16.0. The van der Waals surface area contributed by atoms with E-state index in [0.29, 0.717) is 12.3 Å². The summed E-state index contributed by atoms with van der Waals surface area (Å²) in [6, 6.07) is 11.8. The van der Waals surface area contributed by atoms with E-state index < -0.39 is 36.0 Å². The van der Waals surface area contributed by atoms with Gasteiger partial charge in [-0.2, -0.15) is 39.5 Å². The molecule has 0 aliphatic carbocycles. The maximum absolute atomic E-state index is 12.7. The van der Waals surface area contributed by atoms with Gasteiger partial charge in [0.2, 0.25) is 0 Å². The molecule has 3 N–H and O–H groups in total. The van der Waals surface area contributed by atoms with Gasteiger partial charge in [-0.3, -0.25) is 4.79 Å². The van der Waals surface area contributed by atoms with Crippen LogP contribution in [-0.2, 0) is 35.0 Å². The van der Waals surface area contributed by atoms with Crippen molar-refractivity contribution in [2.24, 2.45) is 5.92 Å². The summed E-state index contributed by atoms with van der Waals surface area (Å²) in [5, 5.41) is 17.7. The molecule has 0 bridgehead atoms. The molecule has 0 atom stereocenters. The van der Waals surface area contributed by atoms with E-state index in [4.69, 9.17) is 19.8 Å². The number of aliphatic carboxylic acids is 2. The van der Waals surface area contributed by atoms with Crippen LogP contribution in [0.4, 0.5) is 39.5 Å². The third-order valence-corrected chi connectivity index (χ3v) is 7.55. The lowest BCUT2D eigenvalue weighted by Crippen LogP contribution is -2.35. The Morgan fingerprint density at radius 2 is 1.28 bits per heavy atom. The van der Waals surface area contributed by atoms with Crippen molar-refractivity contribution < 1.29 is 64.1 Å². The van der Waals surface area contributed by atoms with Gasteiger partial charge in [0.25, 0.3) is 0 Å². The second-order valence-corrected chi connectivity index (χ2v) is 11.0. The Bertz CT molecular complexity index is 1290. The topological polar surface area (TPSA) is 107 Å². The highest BCUT2D eigenvalue weighted by atomic mass is 19.4. The van der Waals surface area contributed by atoms with Crippen LogP contribution in [0.5, 0.6) is 0 Å². The van der Waals surface area contributed by atoms with Crippen LogP contribution >= 0.6 is 0 Å². The minimum absolute atomic E-state index is 0.229. The number of nitrogens with zero attached hydrogens (tertiary/aromatic N) is 1. The zero-order valence-corrected chi connectivity index (χ0v) is 25.1. The van der Waals surface area contributed by atoms with Crippen LogP contribution < -0.4 is 5.32 Å². The predicted molar refractivity (Wildman–Crippen MR) is 152 cm³/mol. The number of ketones is 1. The zero-order valence-electron chi connectivity index (χ0n) is 25.1. The number of hydrogen-bond acceptors (Lipinski definition) is 5. The van der Waals surface area contributed by atoms with E-state index in [1.165, 1.54) is 23.3 Å². The number of hydrogen-bond donors (Lipinski definition) is 3. The number of likely N-dealkylation sites (tertiary alicyclic amines) is 1. The lowest BCUT2D eigenvalue weighted by atomic mass is 9.89. The van der Waals surface area contributed by atoms with Crippen molar-refractivity contribution in [1.82, 2.24) is 10.2 Å². The molecule has 4 rings (SSSR count). The fourth-order valence-electron chi connectivity index (χ4n) is 5.03. The van der Waals surface area contributed by atoms with Crippen LogP contribution in [-0.4, -0.2) is 77.9 Å². The van der Waals surface area contributed by atoms with Gasteiger partial charge in [0.15, 0.2) is 5.78 Å². The van der Waals surface area contributed by atoms with Crippen molar-refractivity contribution in [2.75, 3.05) is 32.7 Å². The highest BCUT2D eigenvalue weighted by molar-refractivity contribution is 5.96. The molecule has 47 heavy (non-hydrogen) atoms. The number of fused-ring (bicyclic) bond motifs is 1. The Labute approximate surface area is 264 Å². The summed E-state index contributed by atoms with van der Waals surface area (Å²) in [4.78, 5) is 32.9. The first kappa shape index (κ1) is 39.5. The van der Waals surface area contributed by atoms with Crippen molar-refractivity contribution in [3.05, 3.63) is 70.3 Å². The van der Waals surface area contributed by atoms with Crippen molar-refractivity contribution in [2.45, 2.75) is 63.5 Å². The van der Waals surface area contributed by atoms with Crippen molar-refractivity contribution >= 4 is 17.7 Å². The molecule has 1 saturated heterocycles. The van der Waals surface area contributed by atoms with E-state index >= 15 is 0 Å². The fraction of sp³-hybridized carbons (Fsp3) is 0.516. The van der Waals surface area contributed by atoms with Crippen LogP contribution in [0.3, 0.4) is 0 Å². The van der Waals surface area contributed by atoms with Gasteiger partial charge in [0.05, 0.1) is 5.56 Å². The second-order valence-electron chi connectivity index (χ2n) is 11.0. The standard InChI is InChI=1S/C27H33F3N2O.2C2HF3O2/c28-27(29,30)25-7-3-20(4-8-25)18-21-11-16-32(17-12-21)15-1-2-26(33)24-6-5-22-9-13-31-14-10-23(22)19-24;2*3-2(4,5)1(6)7/h3-8,19,21,31H,1-2,9-18H2;2*(H,6,7). The highest BCUT2D eigenvalue weighted by Gasteiger charge is 2.39. The molecular formula is C31H35F9N2O5. The molecule has 16 heteroatoms. The second kappa shape index (κ2) is 17.5. The van der Waals surface area contributed by atoms with Gasteiger partial charge in [0, 0.05) is 12.0 Å². The summed E-state index contributed by atoms with van der Waals surface area (Å²) in [6.07, 6.45) is -8.07. The number of carboxylic acids is 2. The summed E-state index contributed by atoms with van der Waals surface area (Å²) in [5.41, 5.74) is 3.89. The number of Topliss-reactive ketones (excluding diaryl/α,β-unsaturated/α-hetero) is 1. The SMILES string of the molecule is O=C(CCCN1CCC(Cc2ccc(C(F)(F)F)cc2)CC1)c1ccc2c(c1)CCNCC2.O=C(O)C(F)(F)F.O=C(O)C(F)(F)F. The largest absolute Gasteiger partial charge is 0.490 e. The first-order chi connectivity index (χ1) is 21.8. The molecule has 2 aromatic carbocycles. The molecule has 2 aliphatic rings. The number of benzene rings is 2. The Morgan fingerprint density at radius 3 is 1.77 bits per heavy atom. The average molecular weight is 687 g/mol. The Hall–Kier alpha value is -3.66. The first-order valence-corrected chi connectivity index (χ1v) is 14.6. The smallest absolute Gasteiger partial charge is 0.475 e. The Morgan fingerprint density at radius 1 is 0.766 bits per heavy atom. The molecule has 2 aromatic rings. The van der Waals surface area contributed by atoms with Gasteiger partial charge in [-0.25, -0.2) is 9.59 Å². The van der Waals surface area contributed by atoms with E-state index in [-0.39, 0.29) is 5.78 Å². The molecule has 2 heterocycles. The summed E-state index contributed by atoms with van der Waals surface area (Å²) in [7, 11) is 0. The maximum atomic E-state index is 12.7. The highest BCUT2D eigenvalue weighted by Crippen LogP contribution is 2.30. The molecule has 0 aromatic heterocycles. The average Bonchev–Trinajstić information content (AvgIpc) is 3.22. The number of rotatable bonds is 7. The van der Waals surface area contributed by atoms with Crippen LogP contribution in [0, 0.1) is 5.92 Å². The van der Waals surface area contributed by atoms with E-state index in [1.54, 1.807) is 12.1 Å². The molecule has 0 radical (unpaired) electrons. The number of carbonyl (C=O) groups excluding carboxylic acids is 1. The number of carboxylic acid groups (broad SMARTS) is 2.